The van der Waals surface area contributed by atoms with E-state index in [1.165, 1.54) is 16.7 Å². The molecule has 0 radical (unpaired) electrons. The monoisotopic (exact) mass is 247 g/mol. The van der Waals surface area contributed by atoms with Crippen molar-refractivity contribution < 1.29 is 0 Å². The zero-order valence-corrected chi connectivity index (χ0v) is 11.8. The molecule has 1 fully saturated rings. The van der Waals surface area contributed by atoms with Crippen LogP contribution in [0.4, 0.5) is 0 Å². The Morgan fingerprint density at radius 1 is 1.22 bits per heavy atom. The highest BCUT2D eigenvalue weighted by atomic mass is 15.5. The van der Waals surface area contributed by atoms with Crippen molar-refractivity contribution in [1.82, 2.24) is 10.9 Å². The summed E-state index contributed by atoms with van der Waals surface area (Å²) >= 11 is 0. The van der Waals surface area contributed by atoms with Gasteiger partial charge in [-0.15, -0.1) is 0 Å². The van der Waals surface area contributed by atoms with Crippen LogP contribution in [0.5, 0.6) is 0 Å². The minimum atomic E-state index is -0.00449. The van der Waals surface area contributed by atoms with Gasteiger partial charge in [0.1, 0.15) is 0 Å². The molecular weight excluding hydrogens is 222 g/mol. The quantitative estimate of drug-likeness (QED) is 0.767. The van der Waals surface area contributed by atoms with E-state index >= 15 is 0 Å². The van der Waals surface area contributed by atoms with Gasteiger partial charge in [-0.1, -0.05) is 37.6 Å². The van der Waals surface area contributed by atoms with Gasteiger partial charge in [-0.25, -0.2) is 5.43 Å². The topological polar surface area (TPSA) is 50.1 Å². The fourth-order valence-corrected chi connectivity index (χ4v) is 2.96. The second-order valence-electron chi connectivity index (χ2n) is 5.94. The molecule has 3 unspecified atom stereocenters. The van der Waals surface area contributed by atoms with Crippen LogP contribution in [0.15, 0.2) is 18.2 Å². The first-order chi connectivity index (χ1) is 8.49. The molecule has 100 valence electrons. The van der Waals surface area contributed by atoms with Gasteiger partial charge in [0.25, 0.3) is 0 Å². The molecular formula is C15H25N3. The highest BCUT2D eigenvalue weighted by Crippen LogP contribution is 2.31. The normalized spacial score (nSPS) is 28.0. The number of hydrogen-bond donors (Lipinski definition) is 3. The molecule has 1 aromatic carbocycles. The molecule has 18 heavy (non-hydrogen) atoms. The maximum Gasteiger partial charge on any atom is 0.0764 e. The SMILES string of the molecule is Cc1ccc(C2C(N)NNC2CC(C)C)c(C)c1. The van der Waals surface area contributed by atoms with Gasteiger partial charge in [0.2, 0.25) is 0 Å². The van der Waals surface area contributed by atoms with E-state index in [-0.39, 0.29) is 6.17 Å². The Morgan fingerprint density at radius 2 is 1.94 bits per heavy atom. The van der Waals surface area contributed by atoms with E-state index in [1.807, 2.05) is 0 Å². The van der Waals surface area contributed by atoms with Gasteiger partial charge in [0, 0.05) is 12.0 Å². The highest BCUT2D eigenvalue weighted by molar-refractivity contribution is 5.35. The zero-order chi connectivity index (χ0) is 13.3. The fourth-order valence-electron chi connectivity index (χ4n) is 2.96. The van der Waals surface area contributed by atoms with Crippen molar-refractivity contribution in [1.29, 1.82) is 0 Å². The van der Waals surface area contributed by atoms with Crippen LogP contribution in [0.1, 0.15) is 42.9 Å². The van der Waals surface area contributed by atoms with Crippen LogP contribution in [0.2, 0.25) is 0 Å². The molecule has 0 bridgehead atoms. The number of hydrazine groups is 1. The summed E-state index contributed by atoms with van der Waals surface area (Å²) in [5.41, 5.74) is 16.8. The van der Waals surface area contributed by atoms with E-state index in [0.717, 1.165) is 6.42 Å². The number of nitrogens with one attached hydrogen (secondary N) is 2. The summed E-state index contributed by atoms with van der Waals surface area (Å²) in [6, 6.07) is 7.07. The number of nitrogens with two attached hydrogens (primary N) is 1. The lowest BCUT2D eigenvalue weighted by molar-refractivity contribution is 0.421. The summed E-state index contributed by atoms with van der Waals surface area (Å²) in [6.07, 6.45) is 1.13. The maximum absolute atomic E-state index is 6.21. The molecule has 1 aliphatic heterocycles. The van der Waals surface area contributed by atoms with Crippen molar-refractivity contribution in [2.45, 2.75) is 52.2 Å². The first-order valence-corrected chi connectivity index (χ1v) is 6.83. The Morgan fingerprint density at radius 3 is 2.56 bits per heavy atom. The molecule has 3 heteroatoms. The third kappa shape index (κ3) is 2.74. The largest absolute Gasteiger partial charge is 0.314 e. The summed E-state index contributed by atoms with van der Waals surface area (Å²) in [6.45, 7) is 8.82. The molecule has 0 aromatic heterocycles. The molecule has 0 aliphatic carbocycles. The van der Waals surface area contributed by atoms with Crippen molar-refractivity contribution in [3.63, 3.8) is 0 Å². The van der Waals surface area contributed by atoms with Crippen LogP contribution >= 0.6 is 0 Å². The Labute approximate surface area is 110 Å². The van der Waals surface area contributed by atoms with Crippen LogP contribution in [0.25, 0.3) is 0 Å². The highest BCUT2D eigenvalue weighted by Gasteiger charge is 2.35. The summed E-state index contributed by atoms with van der Waals surface area (Å²) in [4.78, 5) is 0. The second kappa shape index (κ2) is 5.39. The van der Waals surface area contributed by atoms with Crippen LogP contribution in [-0.4, -0.2) is 12.2 Å². The molecule has 0 spiro atoms. The molecule has 1 aromatic rings. The minimum Gasteiger partial charge on any atom is -0.314 e. The maximum atomic E-state index is 6.21. The average Bonchev–Trinajstić information content (AvgIpc) is 2.60. The Bertz CT molecular complexity index is 414. The number of rotatable bonds is 3. The lowest BCUT2D eigenvalue weighted by atomic mass is 9.84. The van der Waals surface area contributed by atoms with Gasteiger partial charge >= 0.3 is 0 Å². The Hall–Kier alpha value is -0.900. The standard InChI is InChI=1S/C15H25N3/c1-9(2)7-13-14(15(16)18-17-13)12-6-5-10(3)8-11(12)4/h5-6,8-9,13-15,17-18H,7,16H2,1-4H3. The van der Waals surface area contributed by atoms with Gasteiger partial charge in [-0.2, -0.15) is 0 Å². The smallest absolute Gasteiger partial charge is 0.0764 e. The van der Waals surface area contributed by atoms with E-state index in [9.17, 15) is 0 Å². The van der Waals surface area contributed by atoms with E-state index in [4.69, 9.17) is 5.73 Å². The minimum absolute atomic E-state index is 0.00449. The van der Waals surface area contributed by atoms with Crippen molar-refractivity contribution >= 4 is 0 Å². The van der Waals surface area contributed by atoms with Crippen LogP contribution in [-0.2, 0) is 0 Å². The van der Waals surface area contributed by atoms with Gasteiger partial charge in [-0.05, 0) is 37.3 Å². The van der Waals surface area contributed by atoms with Crippen molar-refractivity contribution in [3.05, 3.63) is 34.9 Å². The fraction of sp³-hybridized carbons (Fsp3) is 0.600. The predicted octanol–water partition coefficient (Wildman–Crippen LogP) is 2.19. The van der Waals surface area contributed by atoms with Crippen molar-refractivity contribution in [3.8, 4) is 0 Å². The van der Waals surface area contributed by atoms with E-state index in [1.54, 1.807) is 0 Å². The van der Waals surface area contributed by atoms with Crippen LogP contribution in [0.3, 0.4) is 0 Å². The van der Waals surface area contributed by atoms with Crippen LogP contribution in [0, 0.1) is 19.8 Å². The summed E-state index contributed by atoms with van der Waals surface area (Å²) < 4.78 is 0. The first kappa shape index (κ1) is 13.5. The zero-order valence-electron chi connectivity index (χ0n) is 11.8. The molecule has 1 saturated heterocycles. The van der Waals surface area contributed by atoms with Crippen molar-refractivity contribution in [2.24, 2.45) is 11.7 Å². The van der Waals surface area contributed by atoms with Gasteiger partial charge in [0.15, 0.2) is 0 Å². The molecule has 0 amide bonds. The number of benzene rings is 1. The molecule has 1 heterocycles. The first-order valence-electron chi connectivity index (χ1n) is 6.83. The summed E-state index contributed by atoms with van der Waals surface area (Å²) in [7, 11) is 0. The van der Waals surface area contributed by atoms with Gasteiger partial charge in [0.05, 0.1) is 6.17 Å². The number of aryl methyl sites for hydroxylation is 2. The third-order valence-corrected chi connectivity index (χ3v) is 3.77. The summed E-state index contributed by atoms with van der Waals surface area (Å²) in [5.74, 6) is 1.02. The second-order valence-corrected chi connectivity index (χ2v) is 5.94. The van der Waals surface area contributed by atoms with Crippen molar-refractivity contribution in [2.75, 3.05) is 0 Å². The molecule has 4 N–H and O–H groups in total. The molecule has 2 rings (SSSR count). The summed E-state index contributed by atoms with van der Waals surface area (Å²) in [5, 5.41) is 0. The van der Waals surface area contributed by atoms with E-state index < -0.39 is 0 Å². The van der Waals surface area contributed by atoms with E-state index in [0.29, 0.717) is 17.9 Å². The third-order valence-electron chi connectivity index (χ3n) is 3.77. The molecule has 0 saturated carbocycles. The molecule has 3 nitrogen and oxygen atoms in total. The predicted molar refractivity (Wildman–Crippen MR) is 76.1 cm³/mol. The molecule has 1 aliphatic rings. The Kier molecular flexibility index (Phi) is 4.05. The van der Waals surface area contributed by atoms with Gasteiger partial charge < -0.3 is 5.73 Å². The van der Waals surface area contributed by atoms with Crippen LogP contribution < -0.4 is 16.6 Å². The lowest BCUT2D eigenvalue weighted by Gasteiger charge is -2.24. The lowest BCUT2D eigenvalue weighted by Crippen LogP contribution is -2.38. The Balaban J connectivity index is 2.27. The molecule has 3 atom stereocenters. The van der Waals surface area contributed by atoms with Gasteiger partial charge in [-0.3, -0.25) is 5.43 Å². The average molecular weight is 247 g/mol. The van der Waals surface area contributed by atoms with E-state index in [2.05, 4.69) is 56.7 Å². The number of hydrogen-bond acceptors (Lipinski definition) is 3.